The summed E-state index contributed by atoms with van der Waals surface area (Å²) < 4.78 is 0. The summed E-state index contributed by atoms with van der Waals surface area (Å²) in [6.45, 7) is 15.1. The molecule has 1 heterocycles. The molecule has 2 rings (SSSR count). The van der Waals surface area contributed by atoms with Crippen LogP contribution in [0, 0.1) is 17.3 Å². The van der Waals surface area contributed by atoms with Gasteiger partial charge in [-0.25, -0.2) is 0 Å². The second kappa shape index (κ2) is 2.60. The average Bonchev–Trinajstić information content (AvgIpc) is 2.38. The highest BCUT2D eigenvalue weighted by Gasteiger charge is 2.61. The van der Waals surface area contributed by atoms with E-state index in [4.69, 9.17) is 0 Å². The molecule has 2 atom stereocenters. The Balaban J connectivity index is 1.85. The van der Waals surface area contributed by atoms with Crippen LogP contribution in [0.2, 0.25) is 19.6 Å². The zero-order chi connectivity index (χ0) is 9.85. The SMILES string of the molecule is CC1(C)C2CN(C[Si](C)(C)C)CC21. The lowest BCUT2D eigenvalue weighted by molar-refractivity contribution is 0.289. The van der Waals surface area contributed by atoms with Gasteiger partial charge in [0.05, 0.1) is 8.07 Å². The van der Waals surface area contributed by atoms with Crippen LogP contribution in [0.25, 0.3) is 0 Å². The maximum atomic E-state index is 2.72. The molecule has 1 saturated heterocycles. The minimum Gasteiger partial charge on any atom is -0.305 e. The van der Waals surface area contributed by atoms with Crippen molar-refractivity contribution in [1.29, 1.82) is 0 Å². The first-order valence-electron chi connectivity index (χ1n) is 5.53. The maximum absolute atomic E-state index is 2.72. The van der Waals surface area contributed by atoms with Crippen molar-refractivity contribution < 1.29 is 0 Å². The second-order valence-corrected chi connectivity index (χ2v) is 12.2. The van der Waals surface area contributed by atoms with E-state index in [1.807, 2.05) is 0 Å². The second-order valence-electron chi connectivity index (χ2n) is 6.79. The van der Waals surface area contributed by atoms with Gasteiger partial charge in [-0.1, -0.05) is 33.5 Å². The number of piperidine rings is 1. The summed E-state index contributed by atoms with van der Waals surface area (Å²) in [6, 6.07) is 0. The fourth-order valence-corrected chi connectivity index (χ4v) is 4.61. The largest absolute Gasteiger partial charge is 0.305 e. The first-order chi connectivity index (χ1) is 5.81. The standard InChI is InChI=1S/C11H23NSi/c1-11(2)9-6-12(7-10(9)11)8-13(3,4)5/h9-10H,6-8H2,1-5H3. The Morgan fingerprint density at radius 2 is 1.62 bits per heavy atom. The number of hydrogen-bond acceptors (Lipinski definition) is 1. The fourth-order valence-electron chi connectivity index (χ4n) is 3.01. The van der Waals surface area contributed by atoms with E-state index in [2.05, 4.69) is 38.4 Å². The number of fused-ring (bicyclic) bond motifs is 1. The highest BCUT2D eigenvalue weighted by Crippen LogP contribution is 2.61. The average molecular weight is 197 g/mol. The van der Waals surface area contributed by atoms with Gasteiger partial charge in [-0.05, 0) is 23.4 Å². The van der Waals surface area contributed by atoms with Gasteiger partial charge < -0.3 is 4.90 Å². The van der Waals surface area contributed by atoms with Gasteiger partial charge in [0.1, 0.15) is 0 Å². The van der Waals surface area contributed by atoms with Crippen molar-refractivity contribution >= 4 is 8.07 Å². The Kier molecular flexibility index (Phi) is 1.95. The molecule has 1 nitrogen and oxygen atoms in total. The summed E-state index contributed by atoms with van der Waals surface area (Å²) in [6.07, 6.45) is 1.41. The molecule has 0 amide bonds. The van der Waals surface area contributed by atoms with Crippen LogP contribution in [0.4, 0.5) is 0 Å². The first kappa shape index (κ1) is 9.72. The zero-order valence-corrected chi connectivity index (χ0v) is 10.7. The predicted octanol–water partition coefficient (Wildman–Crippen LogP) is 2.45. The van der Waals surface area contributed by atoms with E-state index in [1.165, 1.54) is 19.3 Å². The van der Waals surface area contributed by atoms with E-state index in [0.29, 0.717) is 5.41 Å². The monoisotopic (exact) mass is 197 g/mol. The van der Waals surface area contributed by atoms with Gasteiger partial charge in [-0.3, -0.25) is 0 Å². The van der Waals surface area contributed by atoms with Crippen LogP contribution in [-0.2, 0) is 0 Å². The number of nitrogens with zero attached hydrogens (tertiary/aromatic N) is 1. The van der Waals surface area contributed by atoms with Gasteiger partial charge in [-0.15, -0.1) is 0 Å². The third-order valence-corrected chi connectivity index (χ3v) is 5.29. The molecule has 0 spiro atoms. The van der Waals surface area contributed by atoms with Crippen molar-refractivity contribution in [1.82, 2.24) is 4.90 Å². The highest BCUT2D eigenvalue weighted by molar-refractivity contribution is 6.76. The van der Waals surface area contributed by atoms with Crippen molar-refractivity contribution in [2.75, 3.05) is 19.3 Å². The van der Waals surface area contributed by atoms with Crippen LogP contribution >= 0.6 is 0 Å². The predicted molar refractivity (Wildman–Crippen MR) is 60.5 cm³/mol. The Morgan fingerprint density at radius 1 is 1.15 bits per heavy atom. The molecule has 1 aliphatic carbocycles. The van der Waals surface area contributed by atoms with Crippen LogP contribution in [-0.4, -0.2) is 32.2 Å². The Labute approximate surface area is 83.5 Å². The summed E-state index contributed by atoms with van der Waals surface area (Å²) in [5.74, 6) is 2.06. The number of likely N-dealkylation sites (tertiary alicyclic amines) is 1. The van der Waals surface area contributed by atoms with E-state index in [9.17, 15) is 0 Å². The third-order valence-electron chi connectivity index (χ3n) is 3.90. The molecule has 1 aliphatic heterocycles. The molecule has 1 saturated carbocycles. The summed E-state index contributed by atoms with van der Waals surface area (Å²) in [5.41, 5.74) is 0.690. The summed E-state index contributed by atoms with van der Waals surface area (Å²) in [5, 5.41) is 0. The minimum atomic E-state index is -0.852. The topological polar surface area (TPSA) is 3.24 Å². The third kappa shape index (κ3) is 1.71. The van der Waals surface area contributed by atoms with E-state index in [-0.39, 0.29) is 0 Å². The Morgan fingerprint density at radius 3 is 2.00 bits per heavy atom. The normalized spacial score (nSPS) is 37.6. The van der Waals surface area contributed by atoms with E-state index in [1.54, 1.807) is 0 Å². The van der Waals surface area contributed by atoms with Crippen LogP contribution in [0.3, 0.4) is 0 Å². The zero-order valence-electron chi connectivity index (χ0n) is 9.72. The molecule has 0 aromatic heterocycles. The quantitative estimate of drug-likeness (QED) is 0.615. The summed E-state index contributed by atoms with van der Waals surface area (Å²) >= 11 is 0. The van der Waals surface area contributed by atoms with E-state index < -0.39 is 8.07 Å². The molecule has 2 unspecified atom stereocenters. The lowest BCUT2D eigenvalue weighted by Crippen LogP contribution is -2.40. The van der Waals surface area contributed by atoms with Gasteiger partial charge in [0.2, 0.25) is 0 Å². The van der Waals surface area contributed by atoms with Crippen molar-refractivity contribution in [2.45, 2.75) is 33.5 Å². The van der Waals surface area contributed by atoms with E-state index >= 15 is 0 Å². The molecule has 2 heteroatoms. The number of rotatable bonds is 2. The van der Waals surface area contributed by atoms with Crippen molar-refractivity contribution in [3.63, 3.8) is 0 Å². The Hall–Kier alpha value is 0.177. The summed E-state index contributed by atoms with van der Waals surface area (Å²) in [7, 11) is -0.852. The van der Waals surface area contributed by atoms with Gasteiger partial charge in [0.25, 0.3) is 0 Å². The summed E-state index contributed by atoms with van der Waals surface area (Å²) in [4.78, 5) is 2.72. The molecule has 0 N–H and O–H groups in total. The van der Waals surface area contributed by atoms with Crippen molar-refractivity contribution in [2.24, 2.45) is 17.3 Å². The Bertz CT molecular complexity index is 203. The molecule has 2 aliphatic rings. The van der Waals surface area contributed by atoms with Crippen LogP contribution in [0.15, 0.2) is 0 Å². The van der Waals surface area contributed by atoms with Crippen LogP contribution in [0.1, 0.15) is 13.8 Å². The minimum absolute atomic E-state index is 0.690. The van der Waals surface area contributed by atoms with Gasteiger partial charge in [0.15, 0.2) is 0 Å². The van der Waals surface area contributed by atoms with Crippen LogP contribution < -0.4 is 0 Å². The maximum Gasteiger partial charge on any atom is 0.0599 e. The smallest absolute Gasteiger partial charge is 0.0599 e. The molecular formula is C11H23NSi. The molecule has 0 aromatic carbocycles. The van der Waals surface area contributed by atoms with Crippen LogP contribution in [0.5, 0.6) is 0 Å². The lowest BCUT2D eigenvalue weighted by Gasteiger charge is -2.27. The molecule has 76 valence electrons. The van der Waals surface area contributed by atoms with E-state index in [0.717, 1.165) is 11.8 Å². The first-order valence-corrected chi connectivity index (χ1v) is 9.24. The molecule has 0 radical (unpaired) electrons. The lowest BCUT2D eigenvalue weighted by atomic mass is 10.1. The fraction of sp³-hybridized carbons (Fsp3) is 1.00. The van der Waals surface area contributed by atoms with Gasteiger partial charge >= 0.3 is 0 Å². The molecule has 2 fully saturated rings. The molecule has 13 heavy (non-hydrogen) atoms. The molecule has 0 bridgehead atoms. The van der Waals surface area contributed by atoms with Gasteiger partial charge in [0, 0.05) is 13.1 Å². The highest BCUT2D eigenvalue weighted by atomic mass is 28.3. The molecular weight excluding hydrogens is 174 g/mol. The van der Waals surface area contributed by atoms with Gasteiger partial charge in [-0.2, -0.15) is 0 Å². The number of hydrogen-bond donors (Lipinski definition) is 0. The van der Waals surface area contributed by atoms with Crippen molar-refractivity contribution in [3.05, 3.63) is 0 Å². The van der Waals surface area contributed by atoms with Crippen molar-refractivity contribution in [3.8, 4) is 0 Å². The molecule has 0 aromatic rings.